The van der Waals surface area contributed by atoms with Crippen LogP contribution in [0, 0.1) is 0 Å². The van der Waals surface area contributed by atoms with Gasteiger partial charge in [0.1, 0.15) is 0 Å². The fraction of sp³-hybridized carbons (Fsp3) is 0.538. The number of hydrogen-bond acceptors (Lipinski definition) is 3. The van der Waals surface area contributed by atoms with E-state index in [2.05, 4.69) is 4.90 Å². The van der Waals surface area contributed by atoms with Gasteiger partial charge in [0.25, 0.3) is 0 Å². The van der Waals surface area contributed by atoms with Crippen LogP contribution in [0.2, 0.25) is 0 Å². The van der Waals surface area contributed by atoms with Crippen LogP contribution in [0.1, 0.15) is 66.9 Å². The highest BCUT2D eigenvalue weighted by Crippen LogP contribution is 2.41. The minimum atomic E-state index is -4.91. The largest absolute Gasteiger partial charge is 0.416 e. The third-order valence-electron chi connectivity index (χ3n) is 6.87. The monoisotopic (exact) mass is 501 g/mol. The first-order valence-electron chi connectivity index (χ1n) is 11.9. The molecule has 35 heavy (non-hydrogen) atoms. The van der Waals surface area contributed by atoms with Crippen molar-refractivity contribution in [1.29, 1.82) is 0 Å². The summed E-state index contributed by atoms with van der Waals surface area (Å²) >= 11 is 0. The maximum absolute atomic E-state index is 13.4. The van der Waals surface area contributed by atoms with Gasteiger partial charge in [0, 0.05) is 6.04 Å². The van der Waals surface area contributed by atoms with Gasteiger partial charge in [-0.3, -0.25) is 4.90 Å². The first-order valence-corrected chi connectivity index (χ1v) is 11.9. The molecule has 0 aliphatic carbocycles. The zero-order valence-electron chi connectivity index (χ0n) is 19.4. The molecule has 2 aromatic rings. The lowest BCUT2D eigenvalue weighted by Crippen LogP contribution is -2.50. The zero-order chi connectivity index (χ0) is 25.2. The van der Waals surface area contributed by atoms with Crippen molar-refractivity contribution in [2.45, 2.75) is 69.3 Å². The molecule has 0 amide bonds. The average molecular weight is 502 g/mol. The second-order valence-electron chi connectivity index (χ2n) is 9.25. The van der Waals surface area contributed by atoms with Gasteiger partial charge >= 0.3 is 12.4 Å². The van der Waals surface area contributed by atoms with E-state index in [-0.39, 0.29) is 23.6 Å². The number of likely N-dealkylation sites (tertiary alicyclic amines) is 1. The van der Waals surface area contributed by atoms with E-state index >= 15 is 0 Å². The molecule has 0 unspecified atom stereocenters. The predicted octanol–water partition coefficient (Wildman–Crippen LogP) is 7.19. The number of benzene rings is 2. The fourth-order valence-corrected chi connectivity index (χ4v) is 5.10. The number of hydrogen-bond donors (Lipinski definition) is 0. The summed E-state index contributed by atoms with van der Waals surface area (Å²) in [6.45, 7) is 3.75. The van der Waals surface area contributed by atoms with Crippen molar-refractivity contribution >= 4 is 0 Å². The van der Waals surface area contributed by atoms with Gasteiger partial charge in [-0.25, -0.2) is 0 Å². The quantitative estimate of drug-likeness (QED) is 0.405. The Bertz CT molecular complexity index is 940. The molecule has 0 saturated carbocycles. The SMILES string of the molecule is C[C@@H](O[C@H]1OCC[C@@H](N2CCCCC2)[C@H]1c1ccccc1)c1cc(C(F)(F)F)cc(C(F)(F)F)c1. The Labute approximate surface area is 201 Å². The van der Waals surface area contributed by atoms with Crippen LogP contribution < -0.4 is 0 Å². The summed E-state index contributed by atoms with van der Waals surface area (Å²) in [4.78, 5) is 2.41. The molecule has 3 nitrogen and oxygen atoms in total. The molecule has 2 fully saturated rings. The van der Waals surface area contributed by atoms with E-state index in [0.29, 0.717) is 6.61 Å². The Morgan fingerprint density at radius 3 is 2.06 bits per heavy atom. The molecular formula is C26H29F6NO2. The Morgan fingerprint density at radius 2 is 1.49 bits per heavy atom. The molecule has 2 aromatic carbocycles. The minimum Gasteiger partial charge on any atom is -0.352 e. The van der Waals surface area contributed by atoms with Gasteiger partial charge in [0.15, 0.2) is 6.29 Å². The van der Waals surface area contributed by atoms with E-state index in [1.165, 1.54) is 13.3 Å². The molecule has 0 spiro atoms. The van der Waals surface area contributed by atoms with Crippen LogP contribution >= 0.6 is 0 Å². The highest BCUT2D eigenvalue weighted by molar-refractivity contribution is 5.35. The maximum Gasteiger partial charge on any atom is 0.416 e. The molecule has 4 rings (SSSR count). The highest BCUT2D eigenvalue weighted by atomic mass is 19.4. The van der Waals surface area contributed by atoms with Crippen molar-refractivity contribution in [2.75, 3.05) is 19.7 Å². The average Bonchev–Trinajstić information content (AvgIpc) is 2.83. The maximum atomic E-state index is 13.4. The Hall–Kier alpha value is -2.10. The van der Waals surface area contributed by atoms with Gasteiger partial charge < -0.3 is 9.47 Å². The molecule has 192 valence electrons. The smallest absolute Gasteiger partial charge is 0.352 e. The van der Waals surface area contributed by atoms with E-state index in [1.54, 1.807) is 0 Å². The summed E-state index contributed by atoms with van der Waals surface area (Å²) in [5.41, 5.74) is -1.93. The van der Waals surface area contributed by atoms with Crippen LogP contribution in [0.3, 0.4) is 0 Å². The lowest BCUT2D eigenvalue weighted by Gasteiger charge is -2.45. The molecule has 0 N–H and O–H groups in total. The van der Waals surface area contributed by atoms with E-state index in [1.807, 2.05) is 30.3 Å². The van der Waals surface area contributed by atoms with E-state index in [4.69, 9.17) is 9.47 Å². The molecule has 0 bridgehead atoms. The van der Waals surface area contributed by atoms with E-state index in [9.17, 15) is 26.3 Å². The van der Waals surface area contributed by atoms with E-state index < -0.39 is 35.9 Å². The van der Waals surface area contributed by atoms with Crippen molar-refractivity contribution in [3.8, 4) is 0 Å². The summed E-state index contributed by atoms with van der Waals surface area (Å²) in [6.07, 6.45) is -7.56. The van der Waals surface area contributed by atoms with Crippen LogP contribution in [-0.4, -0.2) is 36.9 Å². The molecule has 2 saturated heterocycles. The van der Waals surface area contributed by atoms with Gasteiger partial charge in [-0.05, 0) is 68.6 Å². The van der Waals surface area contributed by atoms with Crippen molar-refractivity contribution in [3.05, 3.63) is 70.8 Å². The van der Waals surface area contributed by atoms with Crippen LogP contribution in [0.5, 0.6) is 0 Å². The summed E-state index contributed by atoms with van der Waals surface area (Å²) in [5.74, 6) is -0.224. The predicted molar refractivity (Wildman–Crippen MR) is 119 cm³/mol. The van der Waals surface area contributed by atoms with Gasteiger partial charge in [-0.15, -0.1) is 0 Å². The first kappa shape index (κ1) is 26.0. The van der Waals surface area contributed by atoms with Gasteiger partial charge in [-0.2, -0.15) is 26.3 Å². The molecule has 2 aliphatic rings. The molecule has 2 heterocycles. The number of ether oxygens (including phenoxy) is 2. The van der Waals surface area contributed by atoms with Crippen LogP contribution in [0.15, 0.2) is 48.5 Å². The normalized spacial score (nSPS) is 25.4. The second-order valence-corrected chi connectivity index (χ2v) is 9.25. The number of alkyl halides is 6. The summed E-state index contributed by atoms with van der Waals surface area (Å²) in [5, 5.41) is 0. The molecule has 4 atom stereocenters. The lowest BCUT2D eigenvalue weighted by molar-refractivity contribution is -0.212. The highest BCUT2D eigenvalue weighted by Gasteiger charge is 2.41. The number of piperidine rings is 1. The molecular weight excluding hydrogens is 472 g/mol. The standard InChI is InChI=1S/C26H29F6NO2/c1-17(19-14-20(25(27,28)29)16-21(15-19)26(30,31)32)35-24-23(18-8-4-2-5-9-18)22(10-13-34-24)33-11-6-3-7-12-33/h2,4-5,8-9,14-17,22-24H,3,6-7,10-13H2,1H3/t17-,22-,23-,24-/m1/s1. The molecule has 2 aliphatic heterocycles. The molecule has 0 aromatic heterocycles. The van der Waals surface area contributed by atoms with Crippen molar-refractivity contribution in [3.63, 3.8) is 0 Å². The first-order chi connectivity index (χ1) is 16.5. The zero-order valence-corrected chi connectivity index (χ0v) is 19.4. The second kappa shape index (κ2) is 10.5. The lowest BCUT2D eigenvalue weighted by atomic mass is 9.85. The van der Waals surface area contributed by atoms with Crippen LogP contribution in [0.25, 0.3) is 0 Å². The summed E-state index contributed by atoms with van der Waals surface area (Å²) < 4.78 is 92.2. The number of halogens is 6. The van der Waals surface area contributed by atoms with Crippen molar-refractivity contribution < 1.29 is 35.8 Å². The van der Waals surface area contributed by atoms with Gasteiger partial charge in [0.05, 0.1) is 29.8 Å². The molecule has 0 radical (unpaired) electrons. The molecule has 9 heteroatoms. The summed E-state index contributed by atoms with van der Waals surface area (Å²) in [6, 6.07) is 11.3. The van der Waals surface area contributed by atoms with Crippen molar-refractivity contribution in [2.24, 2.45) is 0 Å². The third kappa shape index (κ3) is 6.19. The topological polar surface area (TPSA) is 21.7 Å². The van der Waals surface area contributed by atoms with E-state index in [0.717, 1.165) is 50.0 Å². The number of rotatable bonds is 5. The Kier molecular flexibility index (Phi) is 7.78. The fourth-order valence-electron chi connectivity index (χ4n) is 5.10. The van der Waals surface area contributed by atoms with Crippen LogP contribution in [0.4, 0.5) is 26.3 Å². The number of nitrogens with zero attached hydrogens (tertiary/aromatic N) is 1. The summed E-state index contributed by atoms with van der Waals surface area (Å²) in [7, 11) is 0. The Balaban J connectivity index is 1.64. The van der Waals surface area contributed by atoms with Crippen molar-refractivity contribution in [1.82, 2.24) is 4.90 Å². The van der Waals surface area contributed by atoms with Crippen LogP contribution in [-0.2, 0) is 21.8 Å². The minimum absolute atomic E-state index is 0.107. The Morgan fingerprint density at radius 1 is 0.886 bits per heavy atom. The van der Waals surface area contributed by atoms with Gasteiger partial charge in [-0.1, -0.05) is 36.8 Å². The third-order valence-corrected chi connectivity index (χ3v) is 6.87. The van der Waals surface area contributed by atoms with Gasteiger partial charge in [0.2, 0.25) is 0 Å².